The van der Waals surface area contributed by atoms with Gasteiger partial charge < -0.3 is 19.2 Å². The second-order valence-electron chi connectivity index (χ2n) is 6.56. The zero-order valence-corrected chi connectivity index (χ0v) is 15.7. The fraction of sp³-hybridized carbons (Fsp3) is 0.150. The number of halogens is 1. The van der Waals surface area contributed by atoms with Gasteiger partial charge in [-0.15, -0.1) is 0 Å². The number of aromatic nitrogens is 1. The Labute approximate surface area is 164 Å². The largest absolute Gasteiger partial charge is 0.436 e. The summed E-state index contributed by atoms with van der Waals surface area (Å²) in [4.78, 5) is 28.5. The molecule has 1 fully saturated rings. The number of rotatable bonds is 3. The molecule has 0 unspecified atom stereocenters. The van der Waals surface area contributed by atoms with Gasteiger partial charge in [0.2, 0.25) is 5.89 Å². The van der Waals surface area contributed by atoms with E-state index in [0.717, 1.165) is 5.52 Å². The van der Waals surface area contributed by atoms with Gasteiger partial charge in [0.05, 0.1) is 10.7 Å². The summed E-state index contributed by atoms with van der Waals surface area (Å²) in [5.74, 6) is -2.43. The predicted molar refractivity (Wildman–Crippen MR) is 102 cm³/mol. The van der Waals surface area contributed by atoms with Gasteiger partial charge in [-0.05, 0) is 30.3 Å². The Morgan fingerprint density at radius 2 is 1.79 bits per heavy atom. The minimum atomic E-state index is -1.30. The van der Waals surface area contributed by atoms with Crippen LogP contribution in [0.2, 0.25) is 5.02 Å². The molecular formula is C20H15ClN2O5. The highest BCUT2D eigenvalue weighted by atomic mass is 35.5. The molecule has 0 aliphatic carbocycles. The molecule has 4 rings (SSSR count). The van der Waals surface area contributed by atoms with Gasteiger partial charge in [-0.25, -0.2) is 14.6 Å². The molecule has 1 aliphatic heterocycles. The number of hydrogen-bond acceptors (Lipinski definition) is 7. The molecule has 2 aromatic carbocycles. The molecule has 2 heterocycles. The van der Waals surface area contributed by atoms with E-state index in [1.54, 1.807) is 18.2 Å². The van der Waals surface area contributed by atoms with Crippen molar-refractivity contribution in [3.63, 3.8) is 0 Å². The van der Waals surface area contributed by atoms with Crippen molar-refractivity contribution in [2.45, 2.75) is 19.6 Å². The van der Waals surface area contributed by atoms with Crippen molar-refractivity contribution in [1.29, 1.82) is 0 Å². The van der Waals surface area contributed by atoms with Crippen molar-refractivity contribution in [3.05, 3.63) is 59.3 Å². The third-order valence-electron chi connectivity index (χ3n) is 4.00. The Morgan fingerprint density at radius 3 is 2.50 bits per heavy atom. The fourth-order valence-electron chi connectivity index (χ4n) is 2.69. The second kappa shape index (κ2) is 6.69. The van der Waals surface area contributed by atoms with Crippen LogP contribution in [0, 0.1) is 0 Å². The number of benzene rings is 2. The third kappa shape index (κ3) is 3.44. The summed E-state index contributed by atoms with van der Waals surface area (Å²) in [6.07, 6.45) is 1.21. The van der Waals surface area contributed by atoms with Gasteiger partial charge in [-0.1, -0.05) is 23.7 Å². The zero-order chi connectivity index (χ0) is 19.9. The summed E-state index contributed by atoms with van der Waals surface area (Å²) in [7, 11) is 0. The van der Waals surface area contributed by atoms with E-state index in [-0.39, 0.29) is 5.57 Å². The van der Waals surface area contributed by atoms with Gasteiger partial charge in [-0.3, -0.25) is 0 Å². The molecule has 142 valence electrons. The summed E-state index contributed by atoms with van der Waals surface area (Å²) in [5, 5.41) is 3.23. The van der Waals surface area contributed by atoms with Crippen molar-refractivity contribution >= 4 is 40.3 Å². The number of nitrogens with one attached hydrogen (secondary N) is 1. The Kier molecular flexibility index (Phi) is 4.31. The number of ether oxygens (including phenoxy) is 2. The number of anilines is 1. The van der Waals surface area contributed by atoms with Gasteiger partial charge in [-0.2, -0.15) is 0 Å². The highest BCUT2D eigenvalue weighted by Gasteiger charge is 2.38. The first-order valence-corrected chi connectivity index (χ1v) is 8.79. The van der Waals surface area contributed by atoms with E-state index in [2.05, 4.69) is 10.3 Å². The minimum Gasteiger partial charge on any atom is -0.436 e. The minimum absolute atomic E-state index is 0.261. The summed E-state index contributed by atoms with van der Waals surface area (Å²) in [5.41, 5.74) is 2.28. The molecule has 0 spiro atoms. The number of cyclic esters (lactones) is 2. The molecule has 0 atom stereocenters. The van der Waals surface area contributed by atoms with Crippen LogP contribution in [-0.2, 0) is 19.1 Å². The molecule has 1 aromatic heterocycles. The number of nitrogens with zero attached hydrogens (tertiary/aromatic N) is 1. The molecule has 0 radical (unpaired) electrons. The summed E-state index contributed by atoms with van der Waals surface area (Å²) in [6, 6.07) is 12.5. The number of para-hydroxylation sites is 2. The second-order valence-corrected chi connectivity index (χ2v) is 6.97. The lowest BCUT2D eigenvalue weighted by Crippen LogP contribution is -2.42. The van der Waals surface area contributed by atoms with Crippen molar-refractivity contribution in [1.82, 2.24) is 4.98 Å². The van der Waals surface area contributed by atoms with E-state index < -0.39 is 17.7 Å². The molecule has 0 saturated carbocycles. The van der Waals surface area contributed by atoms with E-state index in [4.69, 9.17) is 25.5 Å². The Bertz CT molecular complexity index is 1080. The monoisotopic (exact) mass is 398 g/mol. The number of esters is 2. The van der Waals surface area contributed by atoms with E-state index in [9.17, 15) is 9.59 Å². The Hall–Kier alpha value is -3.32. The SMILES string of the molecule is CC1(C)OC(=O)C(=CNc2cc(-c3nc4ccccc4o3)ccc2Cl)C(=O)O1. The summed E-state index contributed by atoms with van der Waals surface area (Å²) >= 11 is 6.22. The maximum Gasteiger partial charge on any atom is 0.350 e. The molecule has 1 N–H and O–H groups in total. The maximum absolute atomic E-state index is 12.0. The predicted octanol–water partition coefficient (Wildman–Crippen LogP) is 4.28. The van der Waals surface area contributed by atoms with Crippen LogP contribution in [0.5, 0.6) is 0 Å². The topological polar surface area (TPSA) is 90.7 Å². The molecule has 0 amide bonds. The van der Waals surface area contributed by atoms with Crippen LogP contribution < -0.4 is 5.32 Å². The molecule has 28 heavy (non-hydrogen) atoms. The quantitative estimate of drug-likeness (QED) is 0.400. The average molecular weight is 399 g/mol. The highest BCUT2D eigenvalue weighted by molar-refractivity contribution is 6.33. The average Bonchev–Trinajstić information content (AvgIpc) is 3.05. The van der Waals surface area contributed by atoms with Crippen LogP contribution in [0.3, 0.4) is 0 Å². The van der Waals surface area contributed by atoms with Crippen LogP contribution in [-0.4, -0.2) is 22.7 Å². The highest BCUT2D eigenvalue weighted by Crippen LogP contribution is 2.31. The van der Waals surface area contributed by atoms with Crippen molar-refractivity contribution in [2.75, 3.05) is 5.32 Å². The van der Waals surface area contributed by atoms with Gasteiger partial charge in [0.15, 0.2) is 11.2 Å². The third-order valence-corrected chi connectivity index (χ3v) is 4.33. The molecule has 3 aromatic rings. The normalized spacial score (nSPS) is 15.9. The fourth-order valence-corrected chi connectivity index (χ4v) is 2.87. The first kappa shape index (κ1) is 18.1. The number of carbonyl (C=O) groups is 2. The van der Waals surface area contributed by atoms with Crippen LogP contribution in [0.4, 0.5) is 5.69 Å². The first-order valence-electron chi connectivity index (χ1n) is 8.41. The Balaban J connectivity index is 1.63. The number of fused-ring (bicyclic) bond motifs is 1. The lowest BCUT2D eigenvalue weighted by atomic mass is 10.2. The van der Waals surface area contributed by atoms with E-state index >= 15 is 0 Å². The molecule has 0 bridgehead atoms. The van der Waals surface area contributed by atoms with Gasteiger partial charge >= 0.3 is 11.9 Å². The van der Waals surface area contributed by atoms with Crippen LogP contribution >= 0.6 is 11.6 Å². The molecule has 7 nitrogen and oxygen atoms in total. The first-order chi connectivity index (χ1) is 13.3. The lowest BCUT2D eigenvalue weighted by molar-refractivity contribution is -0.222. The molecule has 1 aliphatic rings. The molecule has 1 saturated heterocycles. The summed E-state index contributed by atoms with van der Waals surface area (Å²) in [6.45, 7) is 2.96. The van der Waals surface area contributed by atoms with Gasteiger partial charge in [0, 0.05) is 25.6 Å². The number of carbonyl (C=O) groups excluding carboxylic acids is 2. The molecule has 8 heteroatoms. The van der Waals surface area contributed by atoms with Crippen LogP contribution in [0.25, 0.3) is 22.6 Å². The van der Waals surface area contributed by atoms with E-state index in [1.165, 1.54) is 20.0 Å². The zero-order valence-electron chi connectivity index (χ0n) is 15.0. The summed E-state index contributed by atoms with van der Waals surface area (Å²) < 4.78 is 15.9. The van der Waals surface area contributed by atoms with E-state index in [1.807, 2.05) is 24.3 Å². The van der Waals surface area contributed by atoms with Gasteiger partial charge in [0.25, 0.3) is 5.79 Å². The maximum atomic E-state index is 12.0. The van der Waals surface area contributed by atoms with Gasteiger partial charge in [0.1, 0.15) is 5.52 Å². The van der Waals surface area contributed by atoms with Crippen molar-refractivity contribution < 1.29 is 23.5 Å². The number of hydrogen-bond donors (Lipinski definition) is 1. The van der Waals surface area contributed by atoms with E-state index in [0.29, 0.717) is 27.7 Å². The van der Waals surface area contributed by atoms with Crippen molar-refractivity contribution in [2.24, 2.45) is 0 Å². The standard InChI is InChI=1S/C20H15ClN2O5/c1-20(2)27-18(24)12(19(25)28-20)10-22-15-9-11(7-8-13(15)21)17-23-14-5-3-4-6-16(14)26-17/h3-10,22H,1-2H3. The van der Waals surface area contributed by atoms with Crippen LogP contribution in [0.1, 0.15) is 13.8 Å². The molecular weight excluding hydrogens is 384 g/mol. The van der Waals surface area contributed by atoms with Crippen molar-refractivity contribution in [3.8, 4) is 11.5 Å². The number of oxazole rings is 1. The lowest BCUT2D eigenvalue weighted by Gasteiger charge is -2.29. The Morgan fingerprint density at radius 1 is 1.07 bits per heavy atom. The van der Waals surface area contributed by atoms with Crippen LogP contribution in [0.15, 0.2) is 58.7 Å². The smallest absolute Gasteiger partial charge is 0.350 e.